The molecule has 0 fully saturated rings. The van der Waals surface area contributed by atoms with E-state index in [-0.39, 0.29) is 37.5 Å². The molecule has 2 aromatic carbocycles. The van der Waals surface area contributed by atoms with Crippen LogP contribution < -0.4 is 0 Å². The summed E-state index contributed by atoms with van der Waals surface area (Å²) in [7, 11) is 0. The number of fused-ring (bicyclic) bond motifs is 2. The predicted molar refractivity (Wildman–Crippen MR) is 103 cm³/mol. The molecule has 3 aromatic rings. The number of aromatic nitrogens is 2. The summed E-state index contributed by atoms with van der Waals surface area (Å²) in [5.41, 5.74) is 3.73. The van der Waals surface area contributed by atoms with E-state index in [2.05, 4.69) is 16.0 Å². The average Bonchev–Trinajstić information content (AvgIpc) is 2.58. The fourth-order valence-electron chi connectivity index (χ4n) is 3.52. The van der Waals surface area contributed by atoms with Gasteiger partial charge in [-0.3, -0.25) is 9.78 Å². The van der Waals surface area contributed by atoms with Gasteiger partial charge in [-0.25, -0.2) is 9.37 Å². The second-order valence-corrected chi connectivity index (χ2v) is 7.02. The number of allylic oxidation sites excluding steroid dienone is 2. The summed E-state index contributed by atoms with van der Waals surface area (Å²) in [6.07, 6.45) is 2.70. The molecule has 0 aliphatic heterocycles. The SMILES string of the molecule is CC(=O)/C=C(/C)O.CC1(C)c2c([c-]ccc2F)-c2ncnc3cccc1c23.[Ir]. The molecule has 0 spiro atoms. The number of hydrogen-bond donors (Lipinski definition) is 1. The quantitative estimate of drug-likeness (QED) is 0.263. The molecule has 0 saturated carbocycles. The number of benzene rings is 2. The van der Waals surface area contributed by atoms with Gasteiger partial charge in [0.15, 0.2) is 5.78 Å². The maximum absolute atomic E-state index is 14.4. The number of hydrogen-bond acceptors (Lipinski definition) is 4. The molecule has 0 amide bonds. The molecule has 28 heavy (non-hydrogen) atoms. The average molecular weight is 556 g/mol. The fraction of sp³-hybridized carbons (Fsp3) is 0.227. The molecular formula is C22H20FIrN2O2-. The minimum Gasteiger partial charge on any atom is -0.512 e. The van der Waals surface area contributed by atoms with E-state index in [0.717, 1.165) is 27.7 Å². The van der Waals surface area contributed by atoms with Crippen LogP contribution >= 0.6 is 0 Å². The molecule has 4 rings (SSSR count). The molecule has 0 atom stereocenters. The standard InChI is InChI=1S/C17H12FN2.C5H8O2.Ir/c1-17(2)11-6-4-8-13-14(11)16(20-9-19-13)10-5-3-7-12(18)15(10)17;1-4(6)3-5(2)7;/h3-4,6-9H,1-2H3;3,6H,1-2H3;/q-1;;/b;4-3-;. The Bertz CT molecular complexity index is 1070. The first-order valence-corrected chi connectivity index (χ1v) is 8.56. The van der Waals surface area contributed by atoms with Crippen LogP contribution in [0.25, 0.3) is 22.2 Å². The van der Waals surface area contributed by atoms with Gasteiger partial charge in [0.1, 0.15) is 6.33 Å². The third-order valence-corrected chi connectivity index (χ3v) is 4.56. The first-order valence-electron chi connectivity index (χ1n) is 8.56. The number of carbonyl (C=O) groups is 1. The number of aliphatic hydroxyl groups excluding tert-OH is 1. The van der Waals surface area contributed by atoms with Crippen molar-refractivity contribution < 1.29 is 34.4 Å². The Hall–Kier alpha value is -2.43. The molecule has 1 aromatic heterocycles. The van der Waals surface area contributed by atoms with Gasteiger partial charge in [-0.15, -0.1) is 23.8 Å². The van der Waals surface area contributed by atoms with Gasteiger partial charge >= 0.3 is 0 Å². The first kappa shape index (κ1) is 21.9. The van der Waals surface area contributed by atoms with Gasteiger partial charge in [0.2, 0.25) is 0 Å². The number of carbonyl (C=O) groups excluding carboxylic acids is 1. The fourth-order valence-corrected chi connectivity index (χ4v) is 3.52. The van der Waals surface area contributed by atoms with Crippen molar-refractivity contribution in [3.8, 4) is 11.3 Å². The van der Waals surface area contributed by atoms with Crippen molar-refractivity contribution in [3.63, 3.8) is 0 Å². The zero-order valence-corrected chi connectivity index (χ0v) is 18.4. The first-order chi connectivity index (χ1) is 12.7. The summed E-state index contributed by atoms with van der Waals surface area (Å²) in [5.74, 6) is -0.266. The van der Waals surface area contributed by atoms with Crippen LogP contribution in [0.1, 0.15) is 38.8 Å². The van der Waals surface area contributed by atoms with Crippen LogP contribution in [0.2, 0.25) is 0 Å². The van der Waals surface area contributed by atoms with E-state index in [1.54, 1.807) is 6.07 Å². The largest absolute Gasteiger partial charge is 0.512 e. The molecule has 1 aliphatic rings. The molecule has 0 unspecified atom stereocenters. The van der Waals surface area contributed by atoms with Crippen molar-refractivity contribution in [2.75, 3.05) is 0 Å². The van der Waals surface area contributed by atoms with Crippen LogP contribution in [0.5, 0.6) is 0 Å². The second-order valence-electron chi connectivity index (χ2n) is 7.02. The summed E-state index contributed by atoms with van der Waals surface area (Å²) in [5, 5.41) is 9.37. The van der Waals surface area contributed by atoms with E-state index in [9.17, 15) is 9.18 Å². The van der Waals surface area contributed by atoms with Gasteiger partial charge in [-0.1, -0.05) is 31.5 Å². The van der Waals surface area contributed by atoms with Crippen LogP contribution in [-0.4, -0.2) is 20.9 Å². The zero-order valence-electron chi connectivity index (χ0n) is 16.0. The maximum atomic E-state index is 14.4. The molecule has 6 heteroatoms. The Kier molecular flexibility index (Phi) is 6.48. The monoisotopic (exact) mass is 556 g/mol. The molecule has 1 heterocycles. The van der Waals surface area contributed by atoms with Crippen LogP contribution in [0.4, 0.5) is 4.39 Å². The molecule has 1 aliphatic carbocycles. The Morgan fingerprint density at radius 1 is 1.21 bits per heavy atom. The van der Waals surface area contributed by atoms with Crippen molar-refractivity contribution in [3.05, 3.63) is 71.5 Å². The summed E-state index contributed by atoms with van der Waals surface area (Å²) in [4.78, 5) is 18.7. The van der Waals surface area contributed by atoms with E-state index in [4.69, 9.17) is 5.11 Å². The van der Waals surface area contributed by atoms with Crippen LogP contribution in [0.3, 0.4) is 0 Å². The molecular weight excluding hydrogens is 535 g/mol. The van der Waals surface area contributed by atoms with Gasteiger partial charge in [0, 0.05) is 32.0 Å². The van der Waals surface area contributed by atoms with E-state index < -0.39 is 5.41 Å². The predicted octanol–water partition coefficient (Wildman–Crippen LogP) is 4.91. The number of ketones is 1. The second kappa shape index (κ2) is 8.29. The van der Waals surface area contributed by atoms with Crippen molar-refractivity contribution in [1.29, 1.82) is 0 Å². The van der Waals surface area contributed by atoms with E-state index in [1.165, 1.54) is 32.3 Å². The topological polar surface area (TPSA) is 63.1 Å². The zero-order chi connectivity index (χ0) is 19.8. The number of aliphatic hydroxyl groups is 1. The number of halogens is 1. The minimum absolute atomic E-state index is 0. The van der Waals surface area contributed by atoms with Crippen LogP contribution in [-0.2, 0) is 30.3 Å². The van der Waals surface area contributed by atoms with Crippen molar-refractivity contribution in [2.24, 2.45) is 0 Å². The van der Waals surface area contributed by atoms with Gasteiger partial charge in [0.25, 0.3) is 0 Å². The summed E-state index contributed by atoms with van der Waals surface area (Å²) in [6.45, 7) is 6.92. The number of rotatable bonds is 1. The smallest absolute Gasteiger partial charge is 0.155 e. The Morgan fingerprint density at radius 2 is 1.93 bits per heavy atom. The van der Waals surface area contributed by atoms with Crippen molar-refractivity contribution >= 4 is 16.7 Å². The molecule has 0 saturated heterocycles. The van der Waals surface area contributed by atoms with Crippen LogP contribution in [0, 0.1) is 11.9 Å². The van der Waals surface area contributed by atoms with Gasteiger partial charge < -0.3 is 5.11 Å². The number of nitrogens with zero attached hydrogens (tertiary/aromatic N) is 2. The Morgan fingerprint density at radius 3 is 2.54 bits per heavy atom. The molecule has 1 N–H and O–H groups in total. The minimum atomic E-state index is -0.422. The summed E-state index contributed by atoms with van der Waals surface area (Å²) >= 11 is 0. The molecule has 147 valence electrons. The molecule has 1 radical (unpaired) electrons. The molecule has 0 bridgehead atoms. The van der Waals surface area contributed by atoms with E-state index >= 15 is 0 Å². The third kappa shape index (κ3) is 3.89. The third-order valence-electron chi connectivity index (χ3n) is 4.56. The Labute approximate surface area is 176 Å². The van der Waals surface area contributed by atoms with Crippen molar-refractivity contribution in [2.45, 2.75) is 33.1 Å². The summed E-state index contributed by atoms with van der Waals surface area (Å²) < 4.78 is 14.4. The van der Waals surface area contributed by atoms with Crippen molar-refractivity contribution in [1.82, 2.24) is 9.97 Å². The maximum Gasteiger partial charge on any atom is 0.155 e. The molecule has 4 nitrogen and oxygen atoms in total. The van der Waals surface area contributed by atoms with Gasteiger partial charge in [-0.05, 0) is 42.0 Å². The van der Waals surface area contributed by atoms with Crippen LogP contribution in [0.15, 0.2) is 48.5 Å². The summed E-state index contributed by atoms with van der Waals surface area (Å²) in [6, 6.07) is 12.2. The Balaban J connectivity index is 0.000000306. The normalized spacial score (nSPS) is 13.7. The van der Waals surface area contributed by atoms with E-state index in [1.807, 2.05) is 32.0 Å². The van der Waals surface area contributed by atoms with Gasteiger partial charge in [-0.2, -0.15) is 0 Å². The van der Waals surface area contributed by atoms with E-state index in [0.29, 0.717) is 5.56 Å². The van der Waals surface area contributed by atoms with Gasteiger partial charge in [0.05, 0.1) is 11.3 Å².